The van der Waals surface area contributed by atoms with Crippen molar-refractivity contribution in [3.05, 3.63) is 36.4 Å². The number of methoxy groups -OCH3 is 1. The number of aliphatic hydroxyl groups excluding tert-OH is 1. The monoisotopic (exact) mass is 276 g/mol. The van der Waals surface area contributed by atoms with E-state index in [2.05, 4.69) is 0 Å². The molecule has 2 aromatic rings. The van der Waals surface area contributed by atoms with Gasteiger partial charge in [0, 0.05) is 17.9 Å². The van der Waals surface area contributed by atoms with Crippen molar-refractivity contribution in [1.29, 1.82) is 0 Å². The van der Waals surface area contributed by atoms with E-state index in [1.807, 2.05) is 36.4 Å². The maximum Gasteiger partial charge on any atom is 0.127 e. The summed E-state index contributed by atoms with van der Waals surface area (Å²) in [7, 11) is 1.65. The second-order valence-corrected chi connectivity index (χ2v) is 4.61. The molecule has 1 atom stereocenters. The molecule has 0 aliphatic rings. The van der Waals surface area contributed by atoms with Gasteiger partial charge in [0.2, 0.25) is 0 Å². The van der Waals surface area contributed by atoms with Crippen LogP contribution in [0.1, 0.15) is 6.92 Å². The lowest BCUT2D eigenvalue weighted by Gasteiger charge is -2.14. The van der Waals surface area contributed by atoms with Crippen molar-refractivity contribution < 1.29 is 19.3 Å². The van der Waals surface area contributed by atoms with Crippen LogP contribution in [-0.2, 0) is 4.74 Å². The molecule has 0 aromatic heterocycles. The number of benzene rings is 2. The molecule has 0 spiro atoms. The molecule has 4 nitrogen and oxygen atoms in total. The van der Waals surface area contributed by atoms with E-state index >= 15 is 0 Å². The summed E-state index contributed by atoms with van der Waals surface area (Å²) in [6, 6.07) is 11.6. The summed E-state index contributed by atoms with van der Waals surface area (Å²) >= 11 is 0. The lowest BCUT2D eigenvalue weighted by atomic mass is 10.1. The van der Waals surface area contributed by atoms with Crippen molar-refractivity contribution in [2.24, 2.45) is 0 Å². The van der Waals surface area contributed by atoms with Gasteiger partial charge in [-0.2, -0.15) is 0 Å². The molecule has 2 rings (SSSR count). The van der Waals surface area contributed by atoms with Gasteiger partial charge in [0.1, 0.15) is 24.7 Å². The third-order valence-electron chi connectivity index (χ3n) is 2.87. The van der Waals surface area contributed by atoms with Gasteiger partial charge < -0.3 is 19.3 Å². The van der Waals surface area contributed by atoms with Crippen LogP contribution >= 0.6 is 0 Å². The lowest BCUT2D eigenvalue weighted by molar-refractivity contribution is 0.123. The first-order valence-corrected chi connectivity index (χ1v) is 6.66. The number of hydrogen-bond acceptors (Lipinski definition) is 4. The van der Waals surface area contributed by atoms with E-state index in [1.54, 1.807) is 14.0 Å². The van der Waals surface area contributed by atoms with E-state index < -0.39 is 6.10 Å². The van der Waals surface area contributed by atoms with E-state index in [4.69, 9.17) is 14.2 Å². The van der Waals surface area contributed by atoms with Gasteiger partial charge in [0.15, 0.2) is 0 Å². The third kappa shape index (κ3) is 3.62. The highest BCUT2D eigenvalue weighted by Gasteiger charge is 2.08. The van der Waals surface area contributed by atoms with Gasteiger partial charge in [-0.1, -0.05) is 24.3 Å². The number of rotatable bonds is 7. The van der Waals surface area contributed by atoms with Crippen LogP contribution in [0.2, 0.25) is 0 Å². The minimum absolute atomic E-state index is 0.272. The van der Waals surface area contributed by atoms with Crippen LogP contribution < -0.4 is 9.47 Å². The number of aliphatic hydroxyl groups is 1. The van der Waals surface area contributed by atoms with Gasteiger partial charge in [0.05, 0.1) is 12.7 Å². The Morgan fingerprint density at radius 1 is 0.950 bits per heavy atom. The average molecular weight is 276 g/mol. The summed E-state index contributed by atoms with van der Waals surface area (Å²) in [5, 5.41) is 11.3. The third-order valence-corrected chi connectivity index (χ3v) is 2.87. The Kier molecular flexibility index (Phi) is 5.21. The van der Waals surface area contributed by atoms with E-state index in [-0.39, 0.29) is 6.61 Å². The number of hydrogen-bond donors (Lipinski definition) is 1. The van der Waals surface area contributed by atoms with Gasteiger partial charge in [0.25, 0.3) is 0 Å². The Balaban J connectivity index is 2.26. The van der Waals surface area contributed by atoms with Crippen molar-refractivity contribution in [3.63, 3.8) is 0 Å². The van der Waals surface area contributed by atoms with E-state index in [9.17, 15) is 5.11 Å². The van der Waals surface area contributed by atoms with Crippen molar-refractivity contribution in [2.45, 2.75) is 13.0 Å². The molecule has 108 valence electrons. The molecule has 0 saturated carbocycles. The largest absolute Gasteiger partial charge is 0.491 e. The highest BCUT2D eigenvalue weighted by molar-refractivity contribution is 5.93. The second kappa shape index (κ2) is 7.12. The fourth-order valence-corrected chi connectivity index (χ4v) is 1.94. The van der Waals surface area contributed by atoms with Crippen LogP contribution in [-0.4, -0.2) is 38.1 Å². The fraction of sp³-hybridized carbons (Fsp3) is 0.375. The molecule has 1 unspecified atom stereocenters. The smallest absolute Gasteiger partial charge is 0.127 e. The molecule has 0 bridgehead atoms. The Labute approximate surface area is 118 Å². The average Bonchev–Trinajstić information content (AvgIpc) is 2.46. The Bertz CT molecular complexity index is 551. The van der Waals surface area contributed by atoms with Crippen LogP contribution in [0.25, 0.3) is 10.8 Å². The predicted molar refractivity (Wildman–Crippen MR) is 78.5 cm³/mol. The molecule has 0 fully saturated rings. The van der Waals surface area contributed by atoms with Crippen LogP contribution in [0.5, 0.6) is 11.5 Å². The highest BCUT2D eigenvalue weighted by atomic mass is 16.5. The van der Waals surface area contributed by atoms with Crippen molar-refractivity contribution in [2.75, 3.05) is 26.9 Å². The van der Waals surface area contributed by atoms with Gasteiger partial charge in [-0.3, -0.25) is 0 Å². The normalized spacial score (nSPS) is 12.3. The lowest BCUT2D eigenvalue weighted by Crippen LogP contribution is -2.13. The SMILES string of the molecule is COCCOc1ccc(OCC(C)O)c2ccccc12. The predicted octanol–water partition coefficient (Wildman–Crippen LogP) is 2.62. The fourth-order valence-electron chi connectivity index (χ4n) is 1.94. The van der Waals surface area contributed by atoms with E-state index in [0.717, 1.165) is 22.3 Å². The first-order chi connectivity index (χ1) is 9.72. The van der Waals surface area contributed by atoms with Crippen LogP contribution in [0, 0.1) is 0 Å². The number of ether oxygens (including phenoxy) is 3. The van der Waals surface area contributed by atoms with Crippen LogP contribution in [0.4, 0.5) is 0 Å². The Morgan fingerprint density at radius 3 is 2.10 bits per heavy atom. The van der Waals surface area contributed by atoms with Gasteiger partial charge in [-0.25, -0.2) is 0 Å². The van der Waals surface area contributed by atoms with E-state index in [1.165, 1.54) is 0 Å². The summed E-state index contributed by atoms with van der Waals surface area (Å²) in [6.07, 6.45) is -0.494. The zero-order valence-electron chi connectivity index (χ0n) is 11.8. The standard InChI is InChI=1S/C16H20O4/c1-12(17)11-20-16-8-7-15(19-10-9-18-2)13-5-3-4-6-14(13)16/h3-8,12,17H,9-11H2,1-2H3. The first kappa shape index (κ1) is 14.6. The zero-order chi connectivity index (χ0) is 14.4. The van der Waals surface area contributed by atoms with Crippen LogP contribution in [0.15, 0.2) is 36.4 Å². The molecule has 0 aliphatic heterocycles. The summed E-state index contributed by atoms with van der Waals surface area (Å²) in [5.74, 6) is 1.56. The molecule has 0 aliphatic carbocycles. The molecule has 0 radical (unpaired) electrons. The summed E-state index contributed by atoms with van der Waals surface area (Å²) in [6.45, 7) is 3.03. The number of fused-ring (bicyclic) bond motifs is 1. The molecular weight excluding hydrogens is 256 g/mol. The maximum absolute atomic E-state index is 9.32. The van der Waals surface area contributed by atoms with Crippen LogP contribution in [0.3, 0.4) is 0 Å². The molecule has 0 saturated heterocycles. The Morgan fingerprint density at radius 2 is 1.55 bits per heavy atom. The molecule has 1 N–H and O–H groups in total. The minimum atomic E-state index is -0.494. The summed E-state index contributed by atoms with van der Waals surface area (Å²) < 4.78 is 16.3. The highest BCUT2D eigenvalue weighted by Crippen LogP contribution is 2.33. The Hall–Kier alpha value is -1.78. The van der Waals surface area contributed by atoms with Crippen molar-refractivity contribution >= 4 is 10.8 Å². The van der Waals surface area contributed by atoms with Gasteiger partial charge in [-0.15, -0.1) is 0 Å². The molecule has 20 heavy (non-hydrogen) atoms. The molecule has 0 amide bonds. The van der Waals surface area contributed by atoms with Gasteiger partial charge >= 0.3 is 0 Å². The quantitative estimate of drug-likeness (QED) is 0.790. The summed E-state index contributed by atoms with van der Waals surface area (Å²) in [5.41, 5.74) is 0. The first-order valence-electron chi connectivity index (χ1n) is 6.66. The van der Waals surface area contributed by atoms with Crippen molar-refractivity contribution in [1.82, 2.24) is 0 Å². The summed E-state index contributed by atoms with van der Waals surface area (Å²) in [4.78, 5) is 0. The second-order valence-electron chi connectivity index (χ2n) is 4.61. The van der Waals surface area contributed by atoms with E-state index in [0.29, 0.717) is 13.2 Å². The maximum atomic E-state index is 9.32. The topological polar surface area (TPSA) is 47.9 Å². The van der Waals surface area contributed by atoms with Crippen molar-refractivity contribution in [3.8, 4) is 11.5 Å². The molecule has 2 aromatic carbocycles. The molecule has 4 heteroatoms. The molecule has 0 heterocycles. The van der Waals surface area contributed by atoms with Gasteiger partial charge in [-0.05, 0) is 19.1 Å². The molecular formula is C16H20O4. The minimum Gasteiger partial charge on any atom is -0.491 e. The zero-order valence-corrected chi connectivity index (χ0v) is 11.8.